The van der Waals surface area contributed by atoms with E-state index in [1.54, 1.807) is 0 Å². The van der Waals surface area contributed by atoms with Gasteiger partial charge in [-0.3, -0.25) is 4.79 Å². The van der Waals surface area contributed by atoms with Crippen molar-refractivity contribution in [3.63, 3.8) is 0 Å². The third kappa shape index (κ3) is 8.20. The molecule has 0 aliphatic heterocycles. The van der Waals surface area contributed by atoms with Crippen LogP contribution in [0.1, 0.15) is 92.9 Å². The number of ether oxygens (including phenoxy) is 1. The van der Waals surface area contributed by atoms with Crippen molar-refractivity contribution in [1.29, 1.82) is 0 Å². The van der Waals surface area contributed by atoms with E-state index >= 15 is 0 Å². The van der Waals surface area contributed by atoms with Crippen LogP contribution in [0.2, 0.25) is 0 Å². The van der Waals surface area contributed by atoms with Crippen LogP contribution in [0, 0.1) is 11.3 Å². The summed E-state index contributed by atoms with van der Waals surface area (Å²) < 4.78 is 5.38. The lowest BCUT2D eigenvalue weighted by Gasteiger charge is -2.45. The summed E-state index contributed by atoms with van der Waals surface area (Å²) in [6.07, 6.45) is 15.7. The molecule has 0 aromatic rings. The highest BCUT2D eigenvalue weighted by Crippen LogP contribution is 2.47. The third-order valence-corrected chi connectivity index (χ3v) is 6.24. The minimum absolute atomic E-state index is 0.00392. The summed E-state index contributed by atoms with van der Waals surface area (Å²) in [6, 6.07) is 0. The van der Waals surface area contributed by atoms with Crippen LogP contribution in [0.25, 0.3) is 0 Å². The molecule has 1 saturated carbocycles. The highest BCUT2D eigenvalue weighted by molar-refractivity contribution is 5.38. The number of allylic oxidation sites excluding steroid dienone is 7. The van der Waals surface area contributed by atoms with Crippen LogP contribution in [0.3, 0.4) is 0 Å². The Balaban J connectivity index is 2.47. The molecule has 28 heavy (non-hydrogen) atoms. The van der Waals surface area contributed by atoms with E-state index in [0.717, 1.165) is 51.4 Å². The number of carbonyl (C=O) groups excluding carboxylic acids is 1. The van der Waals surface area contributed by atoms with E-state index < -0.39 is 0 Å². The molecule has 0 radical (unpaired) electrons. The molecule has 2 unspecified atom stereocenters. The second-order valence-corrected chi connectivity index (χ2v) is 9.33. The maximum atomic E-state index is 10.8. The first-order chi connectivity index (χ1) is 13.2. The van der Waals surface area contributed by atoms with E-state index in [0.29, 0.717) is 12.4 Å². The van der Waals surface area contributed by atoms with Crippen molar-refractivity contribution in [3.8, 4) is 0 Å². The van der Waals surface area contributed by atoms with Gasteiger partial charge in [0.05, 0.1) is 0 Å². The Bertz CT molecular complexity index is 600. The number of rotatable bonds is 11. The average Bonchev–Trinajstić information content (AvgIpc) is 2.60. The Kier molecular flexibility index (Phi) is 10.6. The summed E-state index contributed by atoms with van der Waals surface area (Å²) >= 11 is 0. The molecule has 0 amide bonds. The molecule has 0 bridgehead atoms. The second-order valence-electron chi connectivity index (χ2n) is 9.33. The lowest BCUT2D eigenvalue weighted by molar-refractivity contribution is -0.143. The van der Waals surface area contributed by atoms with E-state index in [-0.39, 0.29) is 11.5 Å². The molecule has 2 atom stereocenters. The molecule has 0 aromatic heterocycles. The Hall–Kier alpha value is -1.57. The van der Waals surface area contributed by atoms with Gasteiger partial charge in [-0.05, 0) is 85.0 Å². The number of carbonyl (C=O) groups is 1. The molecule has 0 heterocycles. The molecule has 158 valence electrons. The monoisotopic (exact) mass is 386 g/mol. The van der Waals surface area contributed by atoms with Crippen molar-refractivity contribution in [2.75, 3.05) is 0 Å². The highest BCUT2D eigenvalue weighted by atomic mass is 16.5. The molecule has 0 aromatic carbocycles. The lowest BCUT2D eigenvalue weighted by atomic mass is 9.63. The van der Waals surface area contributed by atoms with Gasteiger partial charge >= 0.3 is 0 Å². The summed E-state index contributed by atoms with van der Waals surface area (Å²) in [5.74, 6) is 0.409. The van der Waals surface area contributed by atoms with Crippen molar-refractivity contribution in [1.82, 2.24) is 0 Å². The smallest absolute Gasteiger partial charge is 0.293 e. The van der Waals surface area contributed by atoms with E-state index in [1.165, 1.54) is 22.3 Å². The molecule has 1 fully saturated rings. The fraction of sp³-hybridized carbons (Fsp3) is 0.654. The van der Waals surface area contributed by atoms with Crippen molar-refractivity contribution in [2.45, 2.75) is 99.0 Å². The van der Waals surface area contributed by atoms with Gasteiger partial charge in [0.1, 0.15) is 6.10 Å². The summed E-state index contributed by atoms with van der Waals surface area (Å²) in [5.41, 5.74) is 5.63. The maximum Gasteiger partial charge on any atom is 0.293 e. The van der Waals surface area contributed by atoms with Gasteiger partial charge in [-0.15, -0.1) is 0 Å². The molecular formula is C26H42O2. The van der Waals surface area contributed by atoms with Crippen molar-refractivity contribution in [3.05, 3.63) is 47.1 Å². The third-order valence-electron chi connectivity index (χ3n) is 6.24. The zero-order valence-electron chi connectivity index (χ0n) is 19.1. The summed E-state index contributed by atoms with van der Waals surface area (Å²) in [7, 11) is 0. The maximum absolute atomic E-state index is 10.8. The van der Waals surface area contributed by atoms with Gasteiger partial charge in [-0.25, -0.2) is 0 Å². The number of unbranched alkanes of at least 4 members (excludes halogenated alkanes) is 1. The predicted octanol–water partition coefficient (Wildman–Crippen LogP) is 7.72. The molecule has 0 spiro atoms. The lowest BCUT2D eigenvalue weighted by Crippen LogP contribution is -2.42. The zero-order chi connectivity index (χ0) is 21.2. The molecule has 2 heteroatoms. The van der Waals surface area contributed by atoms with Crippen LogP contribution in [0.4, 0.5) is 0 Å². The Morgan fingerprint density at radius 1 is 1.04 bits per heavy atom. The Morgan fingerprint density at radius 2 is 1.64 bits per heavy atom. The normalized spacial score (nSPS) is 22.7. The molecule has 0 saturated heterocycles. The number of hydrogen-bond donors (Lipinski definition) is 0. The zero-order valence-corrected chi connectivity index (χ0v) is 19.1. The quantitative estimate of drug-likeness (QED) is 0.206. The van der Waals surface area contributed by atoms with Gasteiger partial charge in [0.2, 0.25) is 0 Å². The summed E-state index contributed by atoms with van der Waals surface area (Å²) in [4.78, 5) is 10.8. The minimum Gasteiger partial charge on any atom is -0.464 e. The Labute approximate surface area is 173 Å². The van der Waals surface area contributed by atoms with Gasteiger partial charge in [0.25, 0.3) is 6.47 Å². The fourth-order valence-electron chi connectivity index (χ4n) is 4.32. The highest BCUT2D eigenvalue weighted by Gasteiger charge is 2.43. The van der Waals surface area contributed by atoms with E-state index in [9.17, 15) is 4.79 Å². The first kappa shape index (κ1) is 24.5. The second kappa shape index (κ2) is 12.1. The van der Waals surface area contributed by atoms with Crippen LogP contribution in [0.15, 0.2) is 47.1 Å². The van der Waals surface area contributed by atoms with Crippen LogP contribution in [0.5, 0.6) is 0 Å². The van der Waals surface area contributed by atoms with Gasteiger partial charge < -0.3 is 4.74 Å². The largest absolute Gasteiger partial charge is 0.464 e. The molecule has 2 nitrogen and oxygen atoms in total. The average molecular weight is 387 g/mol. The Morgan fingerprint density at radius 3 is 2.21 bits per heavy atom. The number of hydrogen-bond acceptors (Lipinski definition) is 2. The van der Waals surface area contributed by atoms with Crippen LogP contribution < -0.4 is 0 Å². The molecule has 1 aliphatic carbocycles. The first-order valence-electron chi connectivity index (χ1n) is 10.9. The first-order valence-corrected chi connectivity index (χ1v) is 10.9. The van der Waals surface area contributed by atoms with Crippen molar-refractivity contribution in [2.24, 2.45) is 11.3 Å². The van der Waals surface area contributed by atoms with Gasteiger partial charge in [0.15, 0.2) is 0 Å². The summed E-state index contributed by atoms with van der Waals surface area (Å²) in [6.45, 7) is 18.2. The molecule has 1 rings (SSSR count). The summed E-state index contributed by atoms with van der Waals surface area (Å²) in [5, 5.41) is 0. The predicted molar refractivity (Wildman–Crippen MR) is 121 cm³/mol. The molecular weight excluding hydrogens is 344 g/mol. The van der Waals surface area contributed by atoms with Gasteiger partial charge in [-0.2, -0.15) is 0 Å². The van der Waals surface area contributed by atoms with E-state index in [1.807, 2.05) is 0 Å². The molecule has 0 N–H and O–H groups in total. The van der Waals surface area contributed by atoms with Crippen molar-refractivity contribution < 1.29 is 9.53 Å². The fourth-order valence-corrected chi connectivity index (χ4v) is 4.32. The van der Waals surface area contributed by atoms with Gasteiger partial charge in [-0.1, -0.05) is 60.9 Å². The SMILES string of the molecule is C=C1CCC(OC=O)C(C)(C)C1CCC(C)=CCCC=C(C)CCC=C(C)C. The van der Waals surface area contributed by atoms with Crippen LogP contribution >= 0.6 is 0 Å². The van der Waals surface area contributed by atoms with Crippen molar-refractivity contribution >= 4 is 6.47 Å². The van der Waals surface area contributed by atoms with E-state index in [2.05, 4.69) is 66.3 Å². The van der Waals surface area contributed by atoms with Gasteiger partial charge in [0, 0.05) is 5.41 Å². The standard InChI is InChI=1S/C26H42O2/c1-20(2)11-10-14-21(3)12-8-9-13-22(4)15-17-24-23(5)16-18-25(28-19-27)26(24,6)7/h11-13,19,24-25H,5,8-10,14-18H2,1-4,6-7H3. The topological polar surface area (TPSA) is 26.3 Å². The van der Waals surface area contributed by atoms with Crippen LogP contribution in [-0.4, -0.2) is 12.6 Å². The van der Waals surface area contributed by atoms with E-state index in [4.69, 9.17) is 4.74 Å². The molecule has 1 aliphatic rings. The van der Waals surface area contributed by atoms with Crippen LogP contribution in [-0.2, 0) is 9.53 Å². The minimum atomic E-state index is -0.0400.